The van der Waals surface area contributed by atoms with E-state index in [-0.39, 0.29) is 13.2 Å². The molecule has 0 aliphatic carbocycles. The zero-order valence-corrected chi connectivity index (χ0v) is 11.6. The van der Waals surface area contributed by atoms with Gasteiger partial charge in [0.25, 0.3) is 0 Å². The Kier molecular flexibility index (Phi) is 3.76. The Labute approximate surface area is 125 Å². The number of furan rings is 1. The number of anilines is 1. The number of aliphatic hydroxyl groups is 1. The average Bonchev–Trinajstić information content (AvgIpc) is 2.90. The summed E-state index contributed by atoms with van der Waals surface area (Å²) in [6, 6.07) is 12.9. The molecule has 0 saturated heterocycles. The zero-order chi connectivity index (χ0) is 15.5. The van der Waals surface area contributed by atoms with Crippen LogP contribution in [0.5, 0.6) is 0 Å². The average molecular weight is 298 g/mol. The molecule has 3 rings (SSSR count). The van der Waals surface area contributed by atoms with E-state index in [4.69, 9.17) is 9.52 Å². The van der Waals surface area contributed by atoms with Crippen molar-refractivity contribution >= 4 is 39.4 Å². The molecule has 112 valence electrons. The smallest absolute Gasteiger partial charge is 0.313 e. The van der Waals surface area contributed by atoms with Gasteiger partial charge < -0.3 is 20.2 Å². The van der Waals surface area contributed by atoms with Crippen molar-refractivity contribution < 1.29 is 19.1 Å². The summed E-state index contributed by atoms with van der Waals surface area (Å²) in [7, 11) is 0. The second kappa shape index (κ2) is 5.87. The van der Waals surface area contributed by atoms with Crippen LogP contribution in [0.25, 0.3) is 21.9 Å². The van der Waals surface area contributed by atoms with E-state index >= 15 is 0 Å². The molecule has 0 radical (unpaired) electrons. The molecule has 1 aromatic heterocycles. The number of rotatable bonds is 3. The van der Waals surface area contributed by atoms with E-state index in [1.54, 1.807) is 12.1 Å². The predicted octanol–water partition coefficient (Wildman–Crippen LogP) is 1.63. The van der Waals surface area contributed by atoms with Gasteiger partial charge in [-0.2, -0.15) is 0 Å². The molecule has 1 heterocycles. The van der Waals surface area contributed by atoms with Crippen molar-refractivity contribution in [2.75, 3.05) is 18.5 Å². The van der Waals surface area contributed by atoms with Crippen molar-refractivity contribution in [2.24, 2.45) is 0 Å². The normalized spacial score (nSPS) is 10.8. The first-order chi connectivity index (χ1) is 10.7. The third kappa shape index (κ3) is 2.64. The number of hydrogen-bond donors (Lipinski definition) is 3. The van der Waals surface area contributed by atoms with Gasteiger partial charge in [-0.3, -0.25) is 9.59 Å². The van der Waals surface area contributed by atoms with Gasteiger partial charge in [-0.05, 0) is 18.2 Å². The van der Waals surface area contributed by atoms with Crippen LogP contribution in [-0.2, 0) is 9.59 Å². The minimum Gasteiger partial charge on any atom is -0.456 e. The monoisotopic (exact) mass is 298 g/mol. The molecule has 6 heteroatoms. The van der Waals surface area contributed by atoms with Gasteiger partial charge in [0.15, 0.2) is 0 Å². The highest BCUT2D eigenvalue weighted by molar-refractivity contribution is 6.39. The molecule has 0 aliphatic heterocycles. The van der Waals surface area contributed by atoms with Gasteiger partial charge in [-0.15, -0.1) is 0 Å². The number of para-hydroxylation sites is 1. The standard InChI is InChI=1S/C16H14N2O4/c19-8-7-17-15(20)16(21)18-10-5-6-12-11-3-1-2-4-13(11)22-14(12)9-10/h1-6,9,19H,7-8H2,(H,17,20)(H,18,21). The number of aliphatic hydroxyl groups excluding tert-OH is 1. The summed E-state index contributed by atoms with van der Waals surface area (Å²) in [5.74, 6) is -1.58. The first-order valence-corrected chi connectivity index (χ1v) is 6.80. The van der Waals surface area contributed by atoms with Crippen molar-refractivity contribution in [3.8, 4) is 0 Å². The SMILES string of the molecule is O=C(NCCO)C(=O)Nc1ccc2c(c1)oc1ccccc12. The maximum Gasteiger partial charge on any atom is 0.313 e. The summed E-state index contributed by atoms with van der Waals surface area (Å²) >= 11 is 0. The maximum absolute atomic E-state index is 11.7. The summed E-state index contributed by atoms with van der Waals surface area (Å²) < 4.78 is 5.72. The summed E-state index contributed by atoms with van der Waals surface area (Å²) in [5, 5.41) is 15.3. The number of fused-ring (bicyclic) bond motifs is 3. The highest BCUT2D eigenvalue weighted by Crippen LogP contribution is 2.30. The second-order valence-electron chi connectivity index (χ2n) is 4.74. The molecule has 0 unspecified atom stereocenters. The minimum absolute atomic E-state index is 0.0366. The molecule has 6 nitrogen and oxygen atoms in total. The van der Waals surface area contributed by atoms with Crippen LogP contribution in [0.15, 0.2) is 46.9 Å². The van der Waals surface area contributed by atoms with Crippen molar-refractivity contribution in [3.63, 3.8) is 0 Å². The Morgan fingerprint density at radius 1 is 1.00 bits per heavy atom. The first kappa shape index (κ1) is 14.1. The number of amides is 2. The van der Waals surface area contributed by atoms with Gasteiger partial charge in [0.05, 0.1) is 6.61 Å². The summed E-state index contributed by atoms with van der Waals surface area (Å²) in [4.78, 5) is 23.1. The van der Waals surface area contributed by atoms with Crippen LogP contribution in [0.4, 0.5) is 5.69 Å². The highest BCUT2D eigenvalue weighted by Gasteiger charge is 2.14. The van der Waals surface area contributed by atoms with E-state index in [1.807, 2.05) is 30.3 Å². The molecule has 0 atom stereocenters. The van der Waals surface area contributed by atoms with E-state index in [0.29, 0.717) is 11.3 Å². The Bertz CT molecular complexity index is 854. The lowest BCUT2D eigenvalue weighted by Gasteiger charge is -2.05. The van der Waals surface area contributed by atoms with Gasteiger partial charge in [-0.25, -0.2) is 0 Å². The zero-order valence-electron chi connectivity index (χ0n) is 11.6. The minimum atomic E-state index is -0.793. The van der Waals surface area contributed by atoms with E-state index in [1.165, 1.54) is 0 Å². The second-order valence-corrected chi connectivity index (χ2v) is 4.74. The van der Waals surface area contributed by atoms with Gasteiger partial charge in [0, 0.05) is 29.1 Å². The van der Waals surface area contributed by atoms with Crippen molar-refractivity contribution in [1.29, 1.82) is 0 Å². The molecule has 0 spiro atoms. The van der Waals surface area contributed by atoms with E-state index in [2.05, 4.69) is 10.6 Å². The van der Waals surface area contributed by atoms with E-state index < -0.39 is 11.8 Å². The molecule has 0 fully saturated rings. The topological polar surface area (TPSA) is 91.6 Å². The van der Waals surface area contributed by atoms with Crippen molar-refractivity contribution in [1.82, 2.24) is 5.32 Å². The van der Waals surface area contributed by atoms with Gasteiger partial charge in [0.1, 0.15) is 11.2 Å². The summed E-state index contributed by atoms with van der Waals surface area (Å²) in [6.07, 6.45) is 0. The number of nitrogens with one attached hydrogen (secondary N) is 2. The van der Waals surface area contributed by atoms with Gasteiger partial charge in [-0.1, -0.05) is 18.2 Å². The molecule has 2 amide bonds. The van der Waals surface area contributed by atoms with Crippen LogP contribution in [0.1, 0.15) is 0 Å². The van der Waals surface area contributed by atoms with Crippen LogP contribution >= 0.6 is 0 Å². The predicted molar refractivity (Wildman–Crippen MR) is 82.4 cm³/mol. The van der Waals surface area contributed by atoms with E-state index in [0.717, 1.165) is 16.4 Å². The van der Waals surface area contributed by atoms with Crippen LogP contribution in [-0.4, -0.2) is 30.1 Å². The molecule has 22 heavy (non-hydrogen) atoms. The van der Waals surface area contributed by atoms with Crippen molar-refractivity contribution in [3.05, 3.63) is 42.5 Å². The highest BCUT2D eigenvalue weighted by atomic mass is 16.3. The molecular formula is C16H14N2O4. The lowest BCUT2D eigenvalue weighted by molar-refractivity contribution is -0.136. The largest absolute Gasteiger partial charge is 0.456 e. The first-order valence-electron chi connectivity index (χ1n) is 6.80. The fourth-order valence-electron chi connectivity index (χ4n) is 2.24. The van der Waals surface area contributed by atoms with Gasteiger partial charge >= 0.3 is 11.8 Å². The fourth-order valence-corrected chi connectivity index (χ4v) is 2.24. The van der Waals surface area contributed by atoms with Crippen molar-refractivity contribution in [2.45, 2.75) is 0 Å². The Morgan fingerprint density at radius 2 is 1.77 bits per heavy atom. The van der Waals surface area contributed by atoms with Crippen LogP contribution in [0, 0.1) is 0 Å². The molecule has 2 aromatic carbocycles. The van der Waals surface area contributed by atoms with Crippen LogP contribution in [0.2, 0.25) is 0 Å². The number of hydrogen-bond acceptors (Lipinski definition) is 4. The molecular weight excluding hydrogens is 284 g/mol. The lowest BCUT2D eigenvalue weighted by Crippen LogP contribution is -2.36. The molecule has 3 N–H and O–H groups in total. The third-order valence-corrected chi connectivity index (χ3v) is 3.24. The van der Waals surface area contributed by atoms with Gasteiger partial charge in [0.2, 0.25) is 0 Å². The summed E-state index contributed by atoms with van der Waals surface area (Å²) in [6.45, 7) is -0.182. The fraction of sp³-hybridized carbons (Fsp3) is 0.125. The Morgan fingerprint density at radius 3 is 2.59 bits per heavy atom. The molecule has 3 aromatic rings. The molecule has 0 aliphatic rings. The maximum atomic E-state index is 11.7. The number of benzene rings is 2. The van der Waals surface area contributed by atoms with E-state index in [9.17, 15) is 9.59 Å². The summed E-state index contributed by atoms with van der Waals surface area (Å²) in [5.41, 5.74) is 1.87. The Hall–Kier alpha value is -2.86. The molecule has 0 saturated carbocycles. The quantitative estimate of drug-likeness (QED) is 0.641. The Balaban J connectivity index is 1.84. The lowest BCUT2D eigenvalue weighted by atomic mass is 10.1. The molecule has 0 bridgehead atoms. The third-order valence-electron chi connectivity index (χ3n) is 3.24. The van der Waals surface area contributed by atoms with Crippen LogP contribution < -0.4 is 10.6 Å². The van der Waals surface area contributed by atoms with Crippen LogP contribution in [0.3, 0.4) is 0 Å². The number of carbonyl (C=O) groups excluding carboxylic acids is 2. The number of carbonyl (C=O) groups is 2.